The molecule has 3 aromatic carbocycles. The summed E-state index contributed by atoms with van der Waals surface area (Å²) in [5.74, 6) is -0.927. The van der Waals surface area contributed by atoms with Crippen molar-refractivity contribution in [2.45, 2.75) is 17.4 Å². The minimum atomic E-state index is -3.78. The molecule has 1 heterocycles. The van der Waals surface area contributed by atoms with Crippen LogP contribution in [0, 0.1) is 0 Å². The zero-order valence-electron chi connectivity index (χ0n) is 16.3. The highest BCUT2D eigenvalue weighted by molar-refractivity contribution is 7.92. The topological polar surface area (TPSA) is 127 Å². The number of imidazole rings is 1. The van der Waals surface area contributed by atoms with Crippen molar-refractivity contribution in [3.05, 3.63) is 84.7 Å². The second-order valence-corrected chi connectivity index (χ2v) is 8.74. The summed E-state index contributed by atoms with van der Waals surface area (Å²) in [6.07, 6.45) is 1.46. The normalized spacial score (nSPS) is 12.5. The second kappa shape index (κ2) is 8.11. The fraction of sp³-hybridized carbons (Fsp3) is 0.0909. The summed E-state index contributed by atoms with van der Waals surface area (Å²) in [5.41, 5.74) is 8.53. The van der Waals surface area contributed by atoms with Gasteiger partial charge in [-0.2, -0.15) is 0 Å². The van der Waals surface area contributed by atoms with Crippen molar-refractivity contribution in [1.82, 2.24) is 9.55 Å². The molecule has 0 aliphatic carbocycles. The van der Waals surface area contributed by atoms with Crippen molar-refractivity contribution in [3.63, 3.8) is 0 Å². The lowest BCUT2D eigenvalue weighted by Gasteiger charge is -2.18. The van der Waals surface area contributed by atoms with Crippen molar-refractivity contribution in [1.29, 1.82) is 0 Å². The van der Waals surface area contributed by atoms with Crippen LogP contribution >= 0.6 is 0 Å². The molecule has 1 aromatic heterocycles. The highest BCUT2D eigenvalue weighted by atomic mass is 32.2. The molecule has 31 heavy (non-hydrogen) atoms. The maximum atomic E-state index is 12.6. The Labute approximate surface area is 179 Å². The molecule has 0 aliphatic rings. The van der Waals surface area contributed by atoms with Crippen LogP contribution in [0.3, 0.4) is 0 Å². The van der Waals surface area contributed by atoms with E-state index in [4.69, 9.17) is 5.73 Å². The Kier molecular flexibility index (Phi) is 5.35. The largest absolute Gasteiger partial charge is 0.481 e. The molecule has 0 amide bonds. The molecule has 0 bridgehead atoms. The number of nitrogen functional groups attached to an aromatic ring is 1. The molecule has 0 saturated carbocycles. The van der Waals surface area contributed by atoms with Gasteiger partial charge in [0.25, 0.3) is 10.0 Å². The first kappa shape index (κ1) is 20.4. The number of hydrogen-bond donors (Lipinski definition) is 3. The van der Waals surface area contributed by atoms with Gasteiger partial charge in [0.2, 0.25) is 0 Å². The summed E-state index contributed by atoms with van der Waals surface area (Å²) < 4.78 is 29.6. The number of sulfonamides is 1. The molecule has 0 fully saturated rings. The van der Waals surface area contributed by atoms with Crippen LogP contribution in [0.2, 0.25) is 0 Å². The summed E-state index contributed by atoms with van der Waals surface area (Å²) in [6.45, 7) is 0. The molecule has 8 nitrogen and oxygen atoms in total. The molecule has 0 aliphatic heterocycles. The zero-order valence-corrected chi connectivity index (χ0v) is 17.2. The molecule has 1 atom stereocenters. The van der Waals surface area contributed by atoms with Gasteiger partial charge >= 0.3 is 5.97 Å². The second-order valence-electron chi connectivity index (χ2n) is 7.05. The fourth-order valence-electron chi connectivity index (χ4n) is 3.42. The van der Waals surface area contributed by atoms with Crippen LogP contribution in [-0.4, -0.2) is 29.0 Å². The lowest BCUT2D eigenvalue weighted by molar-refractivity contribution is -0.137. The summed E-state index contributed by atoms with van der Waals surface area (Å²) >= 11 is 0. The number of nitrogens with one attached hydrogen (secondary N) is 1. The molecule has 4 rings (SSSR count). The van der Waals surface area contributed by atoms with E-state index in [9.17, 15) is 18.3 Å². The third-order valence-electron chi connectivity index (χ3n) is 4.91. The van der Waals surface area contributed by atoms with E-state index in [1.165, 1.54) is 24.3 Å². The van der Waals surface area contributed by atoms with Crippen LogP contribution < -0.4 is 10.5 Å². The Morgan fingerprint density at radius 1 is 1.06 bits per heavy atom. The van der Waals surface area contributed by atoms with Gasteiger partial charge in [-0.3, -0.25) is 9.52 Å². The standard InChI is InChI=1S/C22H20N4O4S/c23-16-6-9-18(10-7-16)31(29,30)25-17-8-11-20-19(12-17)24-14-26(20)21(13-22(27)28)15-4-2-1-3-5-15/h1-12,14,21,25H,13,23H2,(H,27,28). The van der Waals surface area contributed by atoms with E-state index in [1.807, 2.05) is 30.3 Å². The van der Waals surface area contributed by atoms with Crippen LogP contribution in [0.5, 0.6) is 0 Å². The number of carboxylic acid groups (broad SMARTS) is 1. The van der Waals surface area contributed by atoms with E-state index < -0.39 is 22.0 Å². The lowest BCUT2D eigenvalue weighted by atomic mass is 10.0. The number of benzene rings is 3. The summed E-state index contributed by atoms with van der Waals surface area (Å²) in [5, 5.41) is 9.39. The van der Waals surface area contributed by atoms with Gasteiger partial charge in [-0.05, 0) is 48.0 Å². The van der Waals surface area contributed by atoms with Crippen molar-refractivity contribution in [3.8, 4) is 0 Å². The third kappa shape index (κ3) is 4.36. The maximum Gasteiger partial charge on any atom is 0.305 e. The third-order valence-corrected chi connectivity index (χ3v) is 6.30. The Hall–Kier alpha value is -3.85. The van der Waals surface area contributed by atoms with Crippen molar-refractivity contribution < 1.29 is 18.3 Å². The molecule has 4 N–H and O–H groups in total. The minimum absolute atomic E-state index is 0.0953. The first-order chi connectivity index (χ1) is 14.8. The van der Waals surface area contributed by atoms with Crippen molar-refractivity contribution in [2.75, 3.05) is 10.5 Å². The van der Waals surface area contributed by atoms with Crippen molar-refractivity contribution in [2.24, 2.45) is 0 Å². The molecular formula is C22H20N4O4S. The summed E-state index contributed by atoms with van der Waals surface area (Å²) in [4.78, 5) is 15.9. The maximum absolute atomic E-state index is 12.6. The first-order valence-electron chi connectivity index (χ1n) is 9.45. The van der Waals surface area contributed by atoms with Crippen LogP contribution in [0.1, 0.15) is 18.0 Å². The van der Waals surface area contributed by atoms with E-state index in [-0.39, 0.29) is 11.3 Å². The lowest BCUT2D eigenvalue weighted by Crippen LogP contribution is -2.14. The number of anilines is 2. The predicted molar refractivity (Wildman–Crippen MR) is 118 cm³/mol. The first-order valence-corrected chi connectivity index (χ1v) is 10.9. The monoisotopic (exact) mass is 436 g/mol. The average molecular weight is 436 g/mol. The van der Waals surface area contributed by atoms with Gasteiger partial charge in [-0.15, -0.1) is 0 Å². The van der Waals surface area contributed by atoms with Crippen LogP contribution in [0.25, 0.3) is 11.0 Å². The fourth-order valence-corrected chi connectivity index (χ4v) is 4.47. The minimum Gasteiger partial charge on any atom is -0.481 e. The molecule has 0 saturated heterocycles. The number of carboxylic acids is 1. The molecule has 9 heteroatoms. The van der Waals surface area contributed by atoms with E-state index in [0.29, 0.717) is 22.4 Å². The molecule has 1 unspecified atom stereocenters. The van der Waals surface area contributed by atoms with Gasteiger partial charge in [0.05, 0.1) is 40.4 Å². The van der Waals surface area contributed by atoms with E-state index in [0.717, 1.165) is 5.56 Å². The SMILES string of the molecule is Nc1ccc(S(=O)(=O)Nc2ccc3c(c2)ncn3C(CC(=O)O)c2ccccc2)cc1. The van der Waals surface area contributed by atoms with Gasteiger partial charge in [-0.1, -0.05) is 30.3 Å². The highest BCUT2D eigenvalue weighted by Crippen LogP contribution is 2.28. The summed E-state index contributed by atoms with van der Waals surface area (Å²) in [6, 6.07) is 19.7. The smallest absolute Gasteiger partial charge is 0.305 e. The zero-order chi connectivity index (χ0) is 22.0. The Bertz CT molecular complexity index is 1330. The molecule has 0 spiro atoms. The number of nitrogens with two attached hydrogens (primary N) is 1. The van der Waals surface area contributed by atoms with E-state index in [1.54, 1.807) is 29.1 Å². The Morgan fingerprint density at radius 2 is 1.77 bits per heavy atom. The van der Waals surface area contributed by atoms with E-state index >= 15 is 0 Å². The van der Waals surface area contributed by atoms with Gasteiger partial charge < -0.3 is 15.4 Å². The summed E-state index contributed by atoms with van der Waals surface area (Å²) in [7, 11) is -3.78. The molecular weight excluding hydrogens is 416 g/mol. The van der Waals surface area contributed by atoms with Gasteiger partial charge in [0.15, 0.2) is 0 Å². The van der Waals surface area contributed by atoms with Crippen LogP contribution in [0.15, 0.2) is 84.0 Å². The molecule has 4 aromatic rings. The number of fused-ring (bicyclic) bond motifs is 1. The Morgan fingerprint density at radius 3 is 2.45 bits per heavy atom. The number of carbonyl (C=O) groups is 1. The van der Waals surface area contributed by atoms with Gasteiger partial charge in [0.1, 0.15) is 0 Å². The quantitative estimate of drug-likeness (QED) is 0.381. The molecule has 158 valence electrons. The number of hydrogen-bond acceptors (Lipinski definition) is 5. The van der Waals surface area contributed by atoms with Crippen molar-refractivity contribution >= 4 is 38.4 Å². The number of rotatable bonds is 7. The Balaban J connectivity index is 1.67. The highest BCUT2D eigenvalue weighted by Gasteiger charge is 2.20. The van der Waals surface area contributed by atoms with Crippen LogP contribution in [0.4, 0.5) is 11.4 Å². The van der Waals surface area contributed by atoms with Gasteiger partial charge in [-0.25, -0.2) is 13.4 Å². The number of nitrogens with zero attached hydrogens (tertiary/aromatic N) is 2. The molecule has 0 radical (unpaired) electrons. The van der Waals surface area contributed by atoms with Gasteiger partial charge in [0, 0.05) is 5.69 Å². The number of aliphatic carboxylic acids is 1. The predicted octanol–water partition coefficient (Wildman–Crippen LogP) is 3.48. The average Bonchev–Trinajstić information content (AvgIpc) is 3.15. The van der Waals surface area contributed by atoms with Crippen LogP contribution in [-0.2, 0) is 14.8 Å². The number of aromatic nitrogens is 2. The van der Waals surface area contributed by atoms with E-state index in [2.05, 4.69) is 9.71 Å².